The van der Waals surface area contributed by atoms with Gasteiger partial charge in [0.05, 0.1) is 28.3 Å². The average Bonchev–Trinajstić information content (AvgIpc) is 2.91. The molecule has 2 N–H and O–H groups in total. The zero-order chi connectivity index (χ0) is 28.7. The molecule has 0 fully saturated rings. The van der Waals surface area contributed by atoms with Crippen LogP contribution in [0.5, 0.6) is 0 Å². The summed E-state index contributed by atoms with van der Waals surface area (Å²) in [6.07, 6.45) is 1.85. The molecule has 204 valence electrons. The summed E-state index contributed by atoms with van der Waals surface area (Å²) in [5.41, 5.74) is 14.6. The second kappa shape index (κ2) is 11.5. The zero-order valence-corrected chi connectivity index (χ0v) is 25.5. The van der Waals surface area contributed by atoms with Gasteiger partial charge in [-0.15, -0.1) is 11.8 Å². The van der Waals surface area contributed by atoms with E-state index in [-0.39, 0.29) is 5.78 Å². The average molecular weight is 609 g/mol. The van der Waals surface area contributed by atoms with E-state index in [1.807, 2.05) is 43.0 Å². The second-order valence-corrected chi connectivity index (χ2v) is 12.5. The van der Waals surface area contributed by atoms with Gasteiger partial charge in [-0.2, -0.15) is 5.26 Å². The summed E-state index contributed by atoms with van der Waals surface area (Å²) in [7, 11) is 0. The molecule has 0 saturated heterocycles. The number of nitrogens with zero attached hydrogens (tertiary/aromatic N) is 2. The van der Waals surface area contributed by atoms with Gasteiger partial charge in [-0.1, -0.05) is 53.0 Å². The Kier molecular flexibility index (Phi) is 8.27. The van der Waals surface area contributed by atoms with E-state index < -0.39 is 5.92 Å². The van der Waals surface area contributed by atoms with Gasteiger partial charge in [0, 0.05) is 38.4 Å². The van der Waals surface area contributed by atoms with E-state index in [2.05, 4.69) is 25.1 Å². The minimum absolute atomic E-state index is 0.0535. The maximum Gasteiger partial charge on any atom is 0.161 e. The van der Waals surface area contributed by atoms with E-state index in [1.54, 1.807) is 23.9 Å². The summed E-state index contributed by atoms with van der Waals surface area (Å²) in [5, 5.41) is 12.3. The molecule has 5 rings (SSSR count). The molecule has 3 aromatic rings. The van der Waals surface area contributed by atoms with E-state index in [9.17, 15) is 10.1 Å². The largest absolute Gasteiger partial charge is 0.384 e. The lowest BCUT2D eigenvalue weighted by Gasteiger charge is -2.40. The van der Waals surface area contributed by atoms with Crippen molar-refractivity contribution in [3.8, 4) is 6.07 Å². The number of allylic oxidation sites excluding steroid dienone is 3. The minimum atomic E-state index is -0.539. The fourth-order valence-electron chi connectivity index (χ4n) is 5.62. The van der Waals surface area contributed by atoms with Crippen molar-refractivity contribution in [2.75, 3.05) is 4.90 Å². The van der Waals surface area contributed by atoms with Crippen molar-refractivity contribution in [2.45, 2.75) is 56.6 Å². The van der Waals surface area contributed by atoms with Crippen molar-refractivity contribution in [3.05, 3.63) is 114 Å². The van der Waals surface area contributed by atoms with Crippen LogP contribution in [0.1, 0.15) is 53.0 Å². The van der Waals surface area contributed by atoms with E-state index in [1.165, 1.54) is 0 Å². The van der Waals surface area contributed by atoms with Crippen molar-refractivity contribution in [3.63, 3.8) is 0 Å². The van der Waals surface area contributed by atoms with Crippen LogP contribution in [0.25, 0.3) is 0 Å². The molecule has 1 aliphatic carbocycles. The Morgan fingerprint density at radius 2 is 1.70 bits per heavy atom. The third-order valence-electron chi connectivity index (χ3n) is 7.64. The molecule has 1 atom stereocenters. The number of carbonyl (C=O) groups excluding carboxylic acids is 1. The fourth-order valence-corrected chi connectivity index (χ4v) is 7.34. The van der Waals surface area contributed by atoms with Crippen LogP contribution in [-0.4, -0.2) is 5.78 Å². The summed E-state index contributed by atoms with van der Waals surface area (Å²) in [6.45, 7) is 6.07. The number of rotatable bonds is 5. The molecule has 1 aliphatic heterocycles. The van der Waals surface area contributed by atoms with Crippen LogP contribution in [0.15, 0.2) is 76.1 Å². The van der Waals surface area contributed by atoms with Crippen LogP contribution < -0.4 is 10.6 Å². The number of anilines is 1. The van der Waals surface area contributed by atoms with Crippen LogP contribution in [-0.2, 0) is 10.5 Å². The summed E-state index contributed by atoms with van der Waals surface area (Å²) < 4.78 is 0. The summed E-state index contributed by atoms with van der Waals surface area (Å²) in [4.78, 5) is 16.4. The van der Waals surface area contributed by atoms with Gasteiger partial charge in [-0.05, 0) is 91.8 Å². The summed E-state index contributed by atoms with van der Waals surface area (Å²) >= 11 is 20.6. The Labute approximate surface area is 254 Å². The van der Waals surface area contributed by atoms with Crippen LogP contribution in [0.2, 0.25) is 15.1 Å². The predicted molar refractivity (Wildman–Crippen MR) is 166 cm³/mol. The number of ketones is 1. The lowest BCUT2D eigenvalue weighted by molar-refractivity contribution is -0.116. The molecule has 0 aromatic heterocycles. The van der Waals surface area contributed by atoms with E-state index in [0.717, 1.165) is 50.5 Å². The fraction of sp³-hybridized carbons (Fsp3) is 0.250. The Balaban J connectivity index is 1.65. The molecule has 1 heterocycles. The first-order valence-electron chi connectivity index (χ1n) is 13.0. The van der Waals surface area contributed by atoms with Crippen molar-refractivity contribution in [1.82, 2.24) is 0 Å². The zero-order valence-electron chi connectivity index (χ0n) is 22.4. The summed E-state index contributed by atoms with van der Waals surface area (Å²) in [5.74, 6) is 0.508. The first-order chi connectivity index (χ1) is 19.1. The number of Topliss-reactive ketones (excluding diaryl/α,β-unsaturated/α-hetero) is 1. The molecular weight excluding hydrogens is 581 g/mol. The number of aryl methyl sites for hydroxylation is 3. The van der Waals surface area contributed by atoms with E-state index >= 15 is 0 Å². The van der Waals surface area contributed by atoms with Gasteiger partial charge in [-0.3, -0.25) is 9.69 Å². The standard InChI is InChI=1S/C32H28Cl3N3OS/c1-17-7-8-21(33)13-27(17)38-26-5-4-6-28(39)31(26)30(24(15-36)32(38)37)23-12-20(18(2)11-19(23)3)16-40-29-14-22(34)9-10-25(29)35/h7-14,30H,4-6,16,37H2,1-3H3. The normalized spacial score (nSPS) is 17.3. The molecule has 4 nitrogen and oxygen atoms in total. The van der Waals surface area contributed by atoms with Crippen LogP contribution >= 0.6 is 46.6 Å². The van der Waals surface area contributed by atoms with Gasteiger partial charge in [-0.25, -0.2) is 0 Å². The van der Waals surface area contributed by atoms with Gasteiger partial charge in [0.1, 0.15) is 5.82 Å². The maximum absolute atomic E-state index is 13.6. The molecule has 0 saturated carbocycles. The minimum Gasteiger partial charge on any atom is -0.384 e. The lowest BCUT2D eigenvalue weighted by atomic mass is 9.74. The third kappa shape index (κ3) is 5.27. The highest BCUT2D eigenvalue weighted by atomic mass is 35.5. The van der Waals surface area contributed by atoms with E-state index in [0.29, 0.717) is 50.6 Å². The number of hydrogen-bond donors (Lipinski definition) is 1. The SMILES string of the molecule is Cc1cc(C)c(C2C(C#N)=C(N)N(c3cc(Cl)ccc3C)C3=C2C(=O)CCC3)cc1CSc1cc(Cl)ccc1Cl. The van der Waals surface area contributed by atoms with Crippen molar-refractivity contribution in [1.29, 1.82) is 5.26 Å². The highest BCUT2D eigenvalue weighted by Gasteiger charge is 2.41. The quantitative estimate of drug-likeness (QED) is 0.293. The molecule has 1 unspecified atom stereocenters. The lowest BCUT2D eigenvalue weighted by Crippen LogP contribution is -2.39. The van der Waals surface area contributed by atoms with Gasteiger partial charge in [0.25, 0.3) is 0 Å². The van der Waals surface area contributed by atoms with E-state index in [4.69, 9.17) is 40.5 Å². The second-order valence-electron chi connectivity index (χ2n) is 10.2. The number of hydrogen-bond acceptors (Lipinski definition) is 5. The van der Waals surface area contributed by atoms with Crippen molar-refractivity contribution >= 4 is 58.0 Å². The predicted octanol–water partition coefficient (Wildman–Crippen LogP) is 9.17. The third-order valence-corrected chi connectivity index (χ3v) is 9.65. The molecule has 40 heavy (non-hydrogen) atoms. The topological polar surface area (TPSA) is 70.1 Å². The van der Waals surface area contributed by atoms with Gasteiger partial charge in [0.2, 0.25) is 0 Å². The number of nitrogens with two attached hydrogens (primary N) is 1. The Morgan fingerprint density at radius 3 is 2.45 bits per heavy atom. The molecule has 0 amide bonds. The van der Waals surface area contributed by atoms with Crippen LogP contribution in [0, 0.1) is 32.1 Å². The number of thioether (sulfide) groups is 1. The van der Waals surface area contributed by atoms with Crippen molar-refractivity contribution in [2.24, 2.45) is 5.73 Å². The first kappa shape index (κ1) is 28.6. The van der Waals surface area contributed by atoms with Gasteiger partial charge >= 0.3 is 0 Å². The number of halogens is 3. The highest BCUT2D eigenvalue weighted by molar-refractivity contribution is 7.98. The molecule has 2 aliphatic rings. The molecule has 0 radical (unpaired) electrons. The molecule has 8 heteroatoms. The first-order valence-corrected chi connectivity index (χ1v) is 15.1. The van der Waals surface area contributed by atoms with Gasteiger partial charge < -0.3 is 5.73 Å². The maximum atomic E-state index is 13.6. The molecule has 0 bridgehead atoms. The highest BCUT2D eigenvalue weighted by Crippen LogP contribution is 2.48. The number of carbonyl (C=O) groups is 1. The number of nitriles is 1. The molecule has 0 spiro atoms. The van der Waals surface area contributed by atoms with Gasteiger partial charge in [0.15, 0.2) is 5.78 Å². The molecular formula is C32H28Cl3N3OS. The Bertz CT molecular complexity index is 1650. The smallest absolute Gasteiger partial charge is 0.161 e. The van der Waals surface area contributed by atoms with Crippen LogP contribution in [0.3, 0.4) is 0 Å². The molecule has 3 aromatic carbocycles. The van der Waals surface area contributed by atoms with Crippen LogP contribution in [0.4, 0.5) is 5.69 Å². The van der Waals surface area contributed by atoms with Crippen molar-refractivity contribution < 1.29 is 4.79 Å². The number of benzene rings is 3. The monoisotopic (exact) mass is 607 g/mol. The Morgan fingerprint density at radius 1 is 0.975 bits per heavy atom. The Hall–Kier alpha value is -2.88. The summed E-state index contributed by atoms with van der Waals surface area (Å²) in [6, 6.07) is 17.6.